The molecule has 0 aromatic heterocycles. The van der Waals surface area contributed by atoms with E-state index in [-0.39, 0.29) is 5.78 Å². The van der Waals surface area contributed by atoms with E-state index in [1.807, 2.05) is 50.2 Å². The van der Waals surface area contributed by atoms with Gasteiger partial charge in [0, 0.05) is 4.90 Å². The van der Waals surface area contributed by atoms with Gasteiger partial charge in [0.25, 0.3) is 0 Å². The van der Waals surface area contributed by atoms with Gasteiger partial charge in [-0.1, -0.05) is 31.2 Å². The normalized spacial score (nSPS) is 10.5. The van der Waals surface area contributed by atoms with Crippen molar-refractivity contribution in [2.45, 2.75) is 32.1 Å². The van der Waals surface area contributed by atoms with Gasteiger partial charge in [0.05, 0.1) is 17.9 Å². The highest BCUT2D eigenvalue weighted by Crippen LogP contribution is 2.28. The maximum absolute atomic E-state index is 12.6. The molecule has 0 radical (unpaired) electrons. The van der Waals surface area contributed by atoms with Crippen molar-refractivity contribution in [2.75, 3.05) is 12.4 Å². The van der Waals surface area contributed by atoms with E-state index in [1.54, 1.807) is 11.8 Å². The van der Waals surface area contributed by atoms with Crippen molar-refractivity contribution in [2.24, 2.45) is 0 Å². The van der Waals surface area contributed by atoms with Crippen molar-refractivity contribution in [3.8, 4) is 5.75 Å². The van der Waals surface area contributed by atoms with Crippen LogP contribution in [0.15, 0.2) is 47.4 Å². The Hall–Kier alpha value is -1.74. The molecule has 0 heterocycles. The Bertz CT molecular complexity index is 635. The molecule has 22 heavy (non-hydrogen) atoms. The van der Waals surface area contributed by atoms with Crippen LogP contribution in [0.5, 0.6) is 5.75 Å². The van der Waals surface area contributed by atoms with Crippen LogP contribution in [0, 0.1) is 13.8 Å². The highest BCUT2D eigenvalue weighted by molar-refractivity contribution is 8.00. The van der Waals surface area contributed by atoms with Crippen molar-refractivity contribution in [3.05, 3.63) is 59.2 Å². The number of benzene rings is 2. The van der Waals surface area contributed by atoms with Crippen LogP contribution >= 0.6 is 11.8 Å². The van der Waals surface area contributed by atoms with Gasteiger partial charge in [-0.15, -0.1) is 11.8 Å². The third-order valence-corrected chi connectivity index (χ3v) is 4.30. The summed E-state index contributed by atoms with van der Waals surface area (Å²) in [4.78, 5) is 13.7. The molecule has 0 bridgehead atoms. The van der Waals surface area contributed by atoms with Crippen molar-refractivity contribution in [1.29, 1.82) is 0 Å². The number of ketones is 1. The number of carbonyl (C=O) groups excluding carboxylic acids is 1. The summed E-state index contributed by atoms with van der Waals surface area (Å²) in [5.74, 6) is 1.29. The molecule has 0 aliphatic rings. The molecule has 0 spiro atoms. The van der Waals surface area contributed by atoms with E-state index < -0.39 is 0 Å². The smallest absolute Gasteiger partial charge is 0.176 e. The summed E-state index contributed by atoms with van der Waals surface area (Å²) in [7, 11) is 0. The minimum absolute atomic E-state index is 0.117. The molecule has 0 unspecified atom stereocenters. The molecule has 2 rings (SSSR count). The molecule has 2 aromatic carbocycles. The highest BCUT2D eigenvalue weighted by Gasteiger charge is 2.16. The van der Waals surface area contributed by atoms with E-state index in [2.05, 4.69) is 13.0 Å². The van der Waals surface area contributed by atoms with Gasteiger partial charge < -0.3 is 4.74 Å². The molecule has 3 heteroatoms. The van der Waals surface area contributed by atoms with Gasteiger partial charge in [-0.3, -0.25) is 4.79 Å². The van der Waals surface area contributed by atoms with Crippen molar-refractivity contribution in [3.63, 3.8) is 0 Å². The maximum atomic E-state index is 12.6. The van der Waals surface area contributed by atoms with Crippen LogP contribution in [0.1, 0.15) is 34.8 Å². The van der Waals surface area contributed by atoms with Crippen LogP contribution in [-0.2, 0) is 0 Å². The zero-order valence-corrected chi connectivity index (χ0v) is 14.2. The number of ether oxygens (including phenoxy) is 1. The monoisotopic (exact) mass is 314 g/mol. The summed E-state index contributed by atoms with van der Waals surface area (Å²) in [6.45, 7) is 6.71. The standard InChI is InChI=1S/C19H22O2S/c1-4-10-21-19-15(3)11-14(2)12-17(19)18(20)13-22-16-8-6-5-7-9-16/h5-9,11-12H,4,10,13H2,1-3H3. The van der Waals surface area contributed by atoms with E-state index in [0.29, 0.717) is 17.9 Å². The third kappa shape index (κ3) is 4.38. The van der Waals surface area contributed by atoms with Gasteiger partial charge in [-0.05, 0) is 49.6 Å². The third-order valence-electron chi connectivity index (χ3n) is 3.28. The topological polar surface area (TPSA) is 26.3 Å². The lowest BCUT2D eigenvalue weighted by atomic mass is 10.0. The first-order chi connectivity index (χ1) is 10.6. The van der Waals surface area contributed by atoms with Crippen LogP contribution in [0.4, 0.5) is 0 Å². The van der Waals surface area contributed by atoms with Crippen LogP contribution in [0.25, 0.3) is 0 Å². The van der Waals surface area contributed by atoms with Crippen molar-refractivity contribution < 1.29 is 9.53 Å². The Kier molecular flexibility index (Phi) is 6.08. The second kappa shape index (κ2) is 8.04. The summed E-state index contributed by atoms with van der Waals surface area (Å²) >= 11 is 1.56. The molecule has 0 N–H and O–H groups in total. The van der Waals surface area contributed by atoms with E-state index in [9.17, 15) is 4.79 Å². The quantitative estimate of drug-likeness (QED) is 0.527. The minimum Gasteiger partial charge on any atom is -0.493 e. The van der Waals surface area contributed by atoms with E-state index >= 15 is 0 Å². The van der Waals surface area contributed by atoms with Crippen LogP contribution in [0.2, 0.25) is 0 Å². The Balaban J connectivity index is 2.17. The van der Waals surface area contributed by atoms with E-state index in [0.717, 1.165) is 28.2 Å². The first-order valence-corrected chi connectivity index (χ1v) is 8.55. The molecule has 2 nitrogen and oxygen atoms in total. The summed E-state index contributed by atoms with van der Waals surface area (Å²) < 4.78 is 5.82. The number of hydrogen-bond acceptors (Lipinski definition) is 3. The van der Waals surface area contributed by atoms with Crippen LogP contribution in [-0.4, -0.2) is 18.1 Å². The van der Waals surface area contributed by atoms with E-state index in [1.165, 1.54) is 0 Å². The average molecular weight is 314 g/mol. The summed E-state index contributed by atoms with van der Waals surface area (Å²) in [6.07, 6.45) is 0.930. The second-order valence-corrected chi connectivity index (χ2v) is 6.38. The summed E-state index contributed by atoms with van der Waals surface area (Å²) in [5, 5.41) is 0. The first kappa shape index (κ1) is 16.6. The molecular formula is C19H22O2S. The fourth-order valence-corrected chi connectivity index (χ4v) is 3.10. The van der Waals surface area contributed by atoms with Crippen molar-refractivity contribution in [1.82, 2.24) is 0 Å². The Morgan fingerprint density at radius 2 is 1.86 bits per heavy atom. The molecule has 0 fully saturated rings. The predicted molar refractivity (Wildman–Crippen MR) is 93.2 cm³/mol. The van der Waals surface area contributed by atoms with Crippen molar-refractivity contribution >= 4 is 17.5 Å². The Labute approximate surface area is 136 Å². The maximum Gasteiger partial charge on any atom is 0.176 e. The average Bonchev–Trinajstić information content (AvgIpc) is 2.52. The Morgan fingerprint density at radius 3 is 2.55 bits per heavy atom. The second-order valence-electron chi connectivity index (χ2n) is 5.33. The largest absolute Gasteiger partial charge is 0.493 e. The molecular weight excluding hydrogens is 292 g/mol. The lowest BCUT2D eigenvalue weighted by molar-refractivity contribution is 0.101. The van der Waals surface area contributed by atoms with Gasteiger partial charge in [-0.25, -0.2) is 0 Å². The molecule has 116 valence electrons. The zero-order valence-electron chi connectivity index (χ0n) is 13.4. The molecule has 0 saturated carbocycles. The number of rotatable bonds is 7. The molecule has 0 saturated heterocycles. The Morgan fingerprint density at radius 1 is 1.14 bits per heavy atom. The minimum atomic E-state index is 0.117. The van der Waals surface area contributed by atoms with Gasteiger partial charge in [-0.2, -0.15) is 0 Å². The summed E-state index contributed by atoms with van der Waals surface area (Å²) in [6, 6.07) is 14.0. The predicted octanol–water partition coefficient (Wildman–Crippen LogP) is 5.07. The molecule has 0 aliphatic carbocycles. The molecule has 2 aromatic rings. The fourth-order valence-electron chi connectivity index (χ4n) is 2.30. The van der Waals surface area contributed by atoms with Crippen LogP contribution in [0.3, 0.4) is 0 Å². The molecule has 0 amide bonds. The SMILES string of the molecule is CCCOc1c(C)cc(C)cc1C(=O)CSc1ccccc1. The summed E-state index contributed by atoms with van der Waals surface area (Å²) in [5.41, 5.74) is 2.82. The number of thioether (sulfide) groups is 1. The van der Waals surface area contributed by atoms with Gasteiger partial charge >= 0.3 is 0 Å². The number of carbonyl (C=O) groups is 1. The van der Waals surface area contributed by atoms with E-state index in [4.69, 9.17) is 4.74 Å². The van der Waals surface area contributed by atoms with Gasteiger partial charge in [0.1, 0.15) is 5.75 Å². The lowest BCUT2D eigenvalue weighted by Gasteiger charge is -2.14. The number of aryl methyl sites for hydroxylation is 2. The number of hydrogen-bond donors (Lipinski definition) is 0. The lowest BCUT2D eigenvalue weighted by Crippen LogP contribution is -2.09. The molecule has 0 aliphatic heterocycles. The van der Waals surface area contributed by atoms with Gasteiger partial charge in [0.2, 0.25) is 0 Å². The number of Topliss-reactive ketones (excluding diaryl/α,β-unsaturated/α-hetero) is 1. The van der Waals surface area contributed by atoms with Gasteiger partial charge in [0.15, 0.2) is 5.78 Å². The highest BCUT2D eigenvalue weighted by atomic mass is 32.2. The zero-order chi connectivity index (χ0) is 15.9. The van der Waals surface area contributed by atoms with Crippen LogP contribution < -0.4 is 4.74 Å². The first-order valence-electron chi connectivity index (χ1n) is 7.57. The molecule has 0 atom stereocenters. The fraction of sp³-hybridized carbons (Fsp3) is 0.316.